The van der Waals surface area contributed by atoms with Crippen LogP contribution < -0.4 is 15.8 Å². The molecule has 0 amide bonds. The number of rotatable bonds is 9. The number of nitrogen functional groups attached to an aromatic ring is 1. The third kappa shape index (κ3) is 5.10. The minimum absolute atomic E-state index is 0.0880. The third-order valence-corrected chi connectivity index (χ3v) is 3.00. The summed E-state index contributed by atoms with van der Waals surface area (Å²) in [6.45, 7) is 8.32. The molecule has 0 aliphatic heterocycles. The molecule has 6 heteroatoms. The van der Waals surface area contributed by atoms with Crippen molar-refractivity contribution in [2.75, 3.05) is 30.8 Å². The number of aromatic nitrogens is 1. The van der Waals surface area contributed by atoms with Crippen LogP contribution in [0.4, 0.5) is 10.8 Å². The summed E-state index contributed by atoms with van der Waals surface area (Å²) in [7, 11) is 0. The first kappa shape index (κ1) is 15.0. The molecule has 5 nitrogen and oxygen atoms in total. The maximum atomic E-state index is 5.76. The van der Waals surface area contributed by atoms with Gasteiger partial charge >= 0.3 is 0 Å². The lowest BCUT2D eigenvalue weighted by Gasteiger charge is -2.11. The number of hydrogen-bond donors (Lipinski definition) is 2. The molecule has 1 rings (SSSR count). The number of ether oxygens (including phenoxy) is 2. The molecular formula is C12H23N3O2S. The molecule has 0 radical (unpaired) electrons. The Morgan fingerprint density at radius 2 is 2.17 bits per heavy atom. The van der Waals surface area contributed by atoms with Gasteiger partial charge in [0.05, 0.1) is 12.7 Å². The number of unbranched alkanes of at least 4 members (excludes halogenated alkanes) is 1. The first-order valence-electron chi connectivity index (χ1n) is 6.38. The average molecular weight is 273 g/mol. The van der Waals surface area contributed by atoms with E-state index in [-0.39, 0.29) is 6.10 Å². The molecule has 0 aliphatic carbocycles. The van der Waals surface area contributed by atoms with Crippen LogP contribution in [0.1, 0.15) is 33.6 Å². The van der Waals surface area contributed by atoms with Crippen molar-refractivity contribution >= 4 is 22.4 Å². The van der Waals surface area contributed by atoms with Gasteiger partial charge in [-0.2, -0.15) is 4.37 Å². The Kier molecular flexibility index (Phi) is 6.82. The van der Waals surface area contributed by atoms with Gasteiger partial charge in [0.2, 0.25) is 0 Å². The lowest BCUT2D eigenvalue weighted by atomic mass is 10.4. The van der Waals surface area contributed by atoms with Crippen LogP contribution in [0, 0.1) is 0 Å². The summed E-state index contributed by atoms with van der Waals surface area (Å²) in [4.78, 5) is 0. The summed E-state index contributed by atoms with van der Waals surface area (Å²) in [6.07, 6.45) is 2.35. The van der Waals surface area contributed by atoms with Gasteiger partial charge in [0.1, 0.15) is 0 Å². The molecule has 1 aromatic rings. The van der Waals surface area contributed by atoms with Gasteiger partial charge in [-0.25, -0.2) is 0 Å². The summed E-state index contributed by atoms with van der Waals surface area (Å²) in [5.41, 5.74) is 5.76. The zero-order valence-corrected chi connectivity index (χ0v) is 12.2. The van der Waals surface area contributed by atoms with Crippen molar-refractivity contribution in [2.24, 2.45) is 0 Å². The van der Waals surface area contributed by atoms with E-state index in [0.29, 0.717) is 18.2 Å². The highest BCUT2D eigenvalue weighted by Crippen LogP contribution is 2.35. The topological polar surface area (TPSA) is 69.4 Å². The van der Waals surface area contributed by atoms with E-state index in [4.69, 9.17) is 15.2 Å². The molecule has 0 bridgehead atoms. The Morgan fingerprint density at radius 3 is 2.83 bits per heavy atom. The molecule has 0 unspecified atom stereocenters. The number of nitrogens with two attached hydrogens (primary N) is 1. The largest absolute Gasteiger partial charge is 0.484 e. The molecule has 18 heavy (non-hydrogen) atoms. The number of hydrogen-bond acceptors (Lipinski definition) is 6. The van der Waals surface area contributed by atoms with Crippen molar-refractivity contribution in [1.29, 1.82) is 0 Å². The van der Waals surface area contributed by atoms with Gasteiger partial charge < -0.3 is 20.5 Å². The molecule has 0 spiro atoms. The molecule has 1 aromatic heterocycles. The summed E-state index contributed by atoms with van der Waals surface area (Å²) < 4.78 is 15.2. The zero-order valence-electron chi connectivity index (χ0n) is 11.4. The molecule has 0 fully saturated rings. The Bertz CT molecular complexity index is 342. The fraction of sp³-hybridized carbons (Fsp3) is 0.750. The van der Waals surface area contributed by atoms with E-state index in [1.165, 1.54) is 11.5 Å². The van der Waals surface area contributed by atoms with Gasteiger partial charge in [-0.3, -0.25) is 0 Å². The maximum absolute atomic E-state index is 5.76. The first-order valence-corrected chi connectivity index (χ1v) is 7.15. The molecule has 0 saturated heterocycles. The SMILES string of the molecule is CCCCOCCNc1snc(N)c1OC(C)C. The molecule has 1 heterocycles. The standard InChI is InChI=1S/C12H23N3O2S/c1-4-5-7-16-8-6-14-12-10(17-9(2)3)11(13)15-18-12/h9,14H,4-8H2,1-3H3,(H2,13,15). The molecule has 0 saturated carbocycles. The predicted molar refractivity (Wildman–Crippen MR) is 76.5 cm³/mol. The Balaban J connectivity index is 2.33. The fourth-order valence-electron chi connectivity index (χ4n) is 1.34. The Hall–Kier alpha value is -1.01. The van der Waals surface area contributed by atoms with Crippen molar-refractivity contribution in [2.45, 2.75) is 39.7 Å². The van der Waals surface area contributed by atoms with Gasteiger partial charge in [-0.15, -0.1) is 0 Å². The van der Waals surface area contributed by atoms with Gasteiger partial charge in [-0.1, -0.05) is 13.3 Å². The second kappa shape index (κ2) is 8.16. The van der Waals surface area contributed by atoms with Crippen LogP contribution >= 0.6 is 11.5 Å². The molecule has 104 valence electrons. The monoisotopic (exact) mass is 273 g/mol. The number of nitrogens with one attached hydrogen (secondary N) is 1. The summed E-state index contributed by atoms with van der Waals surface area (Å²) in [5, 5.41) is 4.12. The van der Waals surface area contributed by atoms with Gasteiger partial charge in [-0.05, 0) is 31.8 Å². The second-order valence-corrected chi connectivity index (χ2v) is 5.06. The predicted octanol–water partition coefficient (Wildman–Crippen LogP) is 2.74. The maximum Gasteiger partial charge on any atom is 0.197 e. The number of anilines is 2. The van der Waals surface area contributed by atoms with Crippen molar-refractivity contribution in [3.05, 3.63) is 0 Å². The van der Waals surface area contributed by atoms with Crippen molar-refractivity contribution in [3.8, 4) is 5.75 Å². The average Bonchev–Trinajstić information content (AvgIpc) is 2.65. The minimum Gasteiger partial charge on any atom is -0.484 e. The van der Waals surface area contributed by atoms with E-state index in [2.05, 4.69) is 16.6 Å². The zero-order chi connectivity index (χ0) is 13.4. The molecule has 0 aliphatic rings. The van der Waals surface area contributed by atoms with Gasteiger partial charge in [0.15, 0.2) is 16.6 Å². The highest BCUT2D eigenvalue weighted by molar-refractivity contribution is 7.11. The molecule has 3 N–H and O–H groups in total. The van der Waals surface area contributed by atoms with E-state index in [1.54, 1.807) is 0 Å². The second-order valence-electron chi connectivity index (χ2n) is 4.29. The van der Waals surface area contributed by atoms with Crippen LogP contribution in [0.5, 0.6) is 5.75 Å². The smallest absolute Gasteiger partial charge is 0.197 e. The van der Waals surface area contributed by atoms with E-state index in [9.17, 15) is 0 Å². The number of nitrogens with zero attached hydrogens (tertiary/aromatic N) is 1. The van der Waals surface area contributed by atoms with E-state index >= 15 is 0 Å². The molecule has 0 aromatic carbocycles. The molecular weight excluding hydrogens is 250 g/mol. The highest BCUT2D eigenvalue weighted by Gasteiger charge is 2.13. The van der Waals surface area contributed by atoms with Crippen molar-refractivity contribution in [1.82, 2.24) is 4.37 Å². The van der Waals surface area contributed by atoms with Crippen molar-refractivity contribution < 1.29 is 9.47 Å². The third-order valence-electron chi connectivity index (χ3n) is 2.20. The van der Waals surface area contributed by atoms with Crippen molar-refractivity contribution in [3.63, 3.8) is 0 Å². The lowest BCUT2D eigenvalue weighted by molar-refractivity contribution is 0.141. The van der Waals surface area contributed by atoms with E-state index < -0.39 is 0 Å². The van der Waals surface area contributed by atoms with E-state index in [1.807, 2.05) is 13.8 Å². The van der Waals surface area contributed by atoms with Crippen LogP contribution in [-0.4, -0.2) is 30.2 Å². The first-order chi connectivity index (χ1) is 8.65. The van der Waals surface area contributed by atoms with Crippen LogP contribution in [0.15, 0.2) is 0 Å². The van der Waals surface area contributed by atoms with Crippen LogP contribution in [0.3, 0.4) is 0 Å². The van der Waals surface area contributed by atoms with Gasteiger partial charge in [0, 0.05) is 13.2 Å². The fourth-order valence-corrected chi connectivity index (χ4v) is 2.02. The summed E-state index contributed by atoms with van der Waals surface area (Å²) in [6, 6.07) is 0. The normalized spacial score (nSPS) is 10.9. The quantitative estimate of drug-likeness (QED) is 0.677. The Morgan fingerprint density at radius 1 is 1.39 bits per heavy atom. The molecule has 0 atom stereocenters. The van der Waals surface area contributed by atoms with Gasteiger partial charge in [0.25, 0.3) is 0 Å². The Labute approximate surface area is 113 Å². The van der Waals surface area contributed by atoms with Crippen LogP contribution in [-0.2, 0) is 4.74 Å². The summed E-state index contributed by atoms with van der Waals surface area (Å²) >= 11 is 1.32. The minimum atomic E-state index is 0.0880. The van der Waals surface area contributed by atoms with Crippen LogP contribution in [0.25, 0.3) is 0 Å². The highest BCUT2D eigenvalue weighted by atomic mass is 32.1. The van der Waals surface area contributed by atoms with Crippen LogP contribution in [0.2, 0.25) is 0 Å². The summed E-state index contributed by atoms with van der Waals surface area (Å²) in [5.74, 6) is 1.10. The lowest BCUT2D eigenvalue weighted by Crippen LogP contribution is -2.12. The van der Waals surface area contributed by atoms with E-state index in [0.717, 1.165) is 31.0 Å².